The van der Waals surface area contributed by atoms with E-state index < -0.39 is 5.54 Å². The molecule has 0 heterocycles. The molecule has 1 fully saturated rings. The fourth-order valence-corrected chi connectivity index (χ4v) is 2.90. The molecule has 2 amide bonds. The lowest BCUT2D eigenvalue weighted by molar-refractivity contribution is -0.124. The highest BCUT2D eigenvalue weighted by atomic mass is 35.5. The number of amides is 2. The Morgan fingerprint density at radius 3 is 2.62 bits per heavy atom. The Morgan fingerprint density at radius 2 is 2.04 bits per heavy atom. The zero-order chi connectivity index (χ0) is 19.3. The van der Waals surface area contributed by atoms with Crippen molar-refractivity contribution in [2.45, 2.75) is 25.3 Å². The average Bonchev–Trinajstić information content (AvgIpc) is 3.39. The Morgan fingerprint density at radius 1 is 1.38 bits per heavy atom. The molecule has 2 N–H and O–H groups in total. The first kappa shape index (κ1) is 20.0. The van der Waals surface area contributed by atoms with Gasteiger partial charge in [0, 0.05) is 5.02 Å². The van der Waals surface area contributed by atoms with E-state index in [4.69, 9.17) is 16.3 Å². The van der Waals surface area contributed by atoms with E-state index in [0.717, 1.165) is 12.8 Å². The predicted molar refractivity (Wildman–Crippen MR) is 99.0 cm³/mol. The van der Waals surface area contributed by atoms with Crippen molar-refractivity contribution in [2.75, 3.05) is 32.6 Å². The van der Waals surface area contributed by atoms with Crippen molar-refractivity contribution in [2.24, 2.45) is 5.92 Å². The molecule has 0 aromatic heterocycles. The number of ether oxygens (including phenoxy) is 1. The van der Waals surface area contributed by atoms with Crippen molar-refractivity contribution < 1.29 is 14.3 Å². The van der Waals surface area contributed by atoms with E-state index in [1.165, 1.54) is 7.11 Å². The van der Waals surface area contributed by atoms with Gasteiger partial charge in [-0.15, -0.1) is 0 Å². The quantitative estimate of drug-likeness (QED) is 0.721. The van der Waals surface area contributed by atoms with Crippen LogP contribution in [0.5, 0.6) is 5.75 Å². The third-order valence-corrected chi connectivity index (χ3v) is 4.52. The fraction of sp³-hybridized carbons (Fsp3) is 0.500. The number of nitrogens with zero attached hydrogens (tertiary/aromatic N) is 2. The molecule has 8 heteroatoms. The summed E-state index contributed by atoms with van der Waals surface area (Å²) in [5, 5.41) is 15.3. The summed E-state index contributed by atoms with van der Waals surface area (Å²) in [5.74, 6) is 0.125. The molecule has 140 valence electrons. The minimum absolute atomic E-state index is 0.00971. The highest BCUT2D eigenvalue weighted by molar-refractivity contribution is 6.31. The number of likely N-dealkylation sites (N-methyl/N-ethyl adjacent to an activating group) is 1. The van der Waals surface area contributed by atoms with E-state index in [9.17, 15) is 14.9 Å². The number of rotatable bonds is 8. The van der Waals surface area contributed by atoms with E-state index in [0.29, 0.717) is 16.5 Å². The van der Waals surface area contributed by atoms with Gasteiger partial charge in [-0.1, -0.05) is 11.6 Å². The summed E-state index contributed by atoms with van der Waals surface area (Å²) in [7, 11) is 3.16. The van der Waals surface area contributed by atoms with Crippen molar-refractivity contribution in [3.63, 3.8) is 0 Å². The van der Waals surface area contributed by atoms with Gasteiger partial charge in [-0.2, -0.15) is 5.26 Å². The number of carbonyl (C=O) groups excluding carboxylic acids is 2. The van der Waals surface area contributed by atoms with Gasteiger partial charge in [0.25, 0.3) is 0 Å². The van der Waals surface area contributed by atoms with Crippen molar-refractivity contribution in [1.29, 1.82) is 5.26 Å². The molecule has 0 aliphatic heterocycles. The van der Waals surface area contributed by atoms with Crippen molar-refractivity contribution in [3.05, 3.63) is 23.2 Å². The minimum atomic E-state index is -0.839. The van der Waals surface area contributed by atoms with Crippen LogP contribution in [0.1, 0.15) is 19.8 Å². The lowest BCUT2D eigenvalue weighted by Crippen LogP contribution is -2.50. The molecule has 7 nitrogen and oxygen atoms in total. The van der Waals surface area contributed by atoms with Crippen LogP contribution in [0.2, 0.25) is 5.02 Å². The third kappa shape index (κ3) is 5.35. The molecule has 26 heavy (non-hydrogen) atoms. The van der Waals surface area contributed by atoms with Gasteiger partial charge in [-0.25, -0.2) is 0 Å². The van der Waals surface area contributed by atoms with Crippen LogP contribution >= 0.6 is 11.6 Å². The molecular formula is C18H23ClN4O3. The molecule has 0 spiro atoms. The molecule has 1 atom stereocenters. The maximum atomic E-state index is 12.2. The Kier molecular flexibility index (Phi) is 6.46. The standard InChI is InChI=1S/C18H23ClN4O3/c1-18(11-20,12-4-5-12)22-17(25)10-23(2)9-16(24)21-14-8-13(19)6-7-15(14)26-3/h6-8,12H,4-5,9-10H2,1-3H3,(H,21,24)(H,22,25)/t18-/m1/s1. The van der Waals surface area contributed by atoms with Crippen LogP contribution in [0.4, 0.5) is 5.69 Å². The summed E-state index contributed by atoms with van der Waals surface area (Å²) < 4.78 is 5.18. The summed E-state index contributed by atoms with van der Waals surface area (Å²) in [6.45, 7) is 1.76. The van der Waals surface area contributed by atoms with Gasteiger partial charge in [-0.05, 0) is 50.9 Å². The van der Waals surface area contributed by atoms with Crippen molar-refractivity contribution >= 4 is 29.1 Å². The van der Waals surface area contributed by atoms with Gasteiger partial charge >= 0.3 is 0 Å². The number of anilines is 1. The van der Waals surface area contributed by atoms with Crippen LogP contribution in [-0.2, 0) is 9.59 Å². The Bertz CT molecular complexity index is 730. The van der Waals surface area contributed by atoms with E-state index >= 15 is 0 Å². The first-order chi connectivity index (χ1) is 12.3. The molecule has 1 aliphatic carbocycles. The van der Waals surface area contributed by atoms with Crippen LogP contribution in [0.3, 0.4) is 0 Å². The number of hydrogen-bond donors (Lipinski definition) is 2. The smallest absolute Gasteiger partial charge is 0.238 e. The summed E-state index contributed by atoms with van der Waals surface area (Å²) >= 11 is 5.94. The second-order valence-corrected chi connectivity index (χ2v) is 7.14. The van der Waals surface area contributed by atoms with Crippen LogP contribution in [0.25, 0.3) is 0 Å². The van der Waals surface area contributed by atoms with Gasteiger partial charge in [0.05, 0.1) is 32.0 Å². The van der Waals surface area contributed by atoms with Gasteiger partial charge in [0.15, 0.2) is 0 Å². The molecule has 2 rings (SSSR count). The number of carbonyl (C=O) groups is 2. The van der Waals surface area contributed by atoms with E-state index in [1.807, 2.05) is 0 Å². The molecule has 1 aliphatic rings. The second kappa shape index (κ2) is 8.39. The molecule has 0 unspecified atom stereocenters. The summed E-state index contributed by atoms with van der Waals surface area (Å²) in [6, 6.07) is 7.10. The van der Waals surface area contributed by atoms with Gasteiger partial charge in [0.1, 0.15) is 11.3 Å². The lowest BCUT2D eigenvalue weighted by atomic mass is 9.98. The SMILES string of the molecule is COc1ccc(Cl)cc1NC(=O)CN(C)CC(=O)N[C@](C)(C#N)C1CC1. The Hall–Kier alpha value is -2.30. The van der Waals surface area contributed by atoms with E-state index in [-0.39, 0.29) is 30.8 Å². The molecule has 0 bridgehead atoms. The van der Waals surface area contributed by atoms with E-state index in [2.05, 4.69) is 16.7 Å². The molecular weight excluding hydrogens is 356 g/mol. The van der Waals surface area contributed by atoms with Crippen LogP contribution in [0, 0.1) is 17.2 Å². The molecule has 0 radical (unpaired) electrons. The van der Waals surface area contributed by atoms with Gasteiger partial charge in [0.2, 0.25) is 11.8 Å². The molecule has 0 saturated heterocycles. The van der Waals surface area contributed by atoms with Gasteiger partial charge < -0.3 is 15.4 Å². The lowest BCUT2D eigenvalue weighted by Gasteiger charge is -2.24. The van der Waals surface area contributed by atoms with Crippen LogP contribution in [0.15, 0.2) is 18.2 Å². The minimum Gasteiger partial charge on any atom is -0.495 e. The third-order valence-electron chi connectivity index (χ3n) is 4.29. The molecule has 1 aromatic carbocycles. The predicted octanol–water partition coefficient (Wildman–Crippen LogP) is 2.03. The number of nitrogens with one attached hydrogen (secondary N) is 2. The fourth-order valence-electron chi connectivity index (χ4n) is 2.72. The summed E-state index contributed by atoms with van der Waals surface area (Å²) in [5.41, 5.74) is -0.373. The van der Waals surface area contributed by atoms with Gasteiger partial charge in [-0.3, -0.25) is 14.5 Å². The number of halogens is 1. The highest BCUT2D eigenvalue weighted by Gasteiger charge is 2.43. The van der Waals surface area contributed by atoms with Crippen molar-refractivity contribution in [3.8, 4) is 11.8 Å². The topological polar surface area (TPSA) is 94.5 Å². The number of benzene rings is 1. The largest absolute Gasteiger partial charge is 0.495 e. The average molecular weight is 379 g/mol. The maximum Gasteiger partial charge on any atom is 0.238 e. The number of methoxy groups -OCH3 is 1. The summed E-state index contributed by atoms with van der Waals surface area (Å²) in [4.78, 5) is 26.0. The zero-order valence-electron chi connectivity index (χ0n) is 15.1. The normalized spacial score (nSPS) is 15.7. The second-order valence-electron chi connectivity index (χ2n) is 6.70. The molecule has 1 aromatic rings. The number of hydrogen-bond acceptors (Lipinski definition) is 5. The highest BCUT2D eigenvalue weighted by Crippen LogP contribution is 2.39. The zero-order valence-corrected chi connectivity index (χ0v) is 15.9. The molecule has 1 saturated carbocycles. The number of nitriles is 1. The van der Waals surface area contributed by atoms with E-state index in [1.54, 1.807) is 37.1 Å². The first-order valence-corrected chi connectivity index (χ1v) is 8.69. The van der Waals surface area contributed by atoms with Crippen LogP contribution < -0.4 is 15.4 Å². The Labute approximate surface area is 158 Å². The Balaban J connectivity index is 1.86. The van der Waals surface area contributed by atoms with Crippen molar-refractivity contribution in [1.82, 2.24) is 10.2 Å². The van der Waals surface area contributed by atoms with Crippen LogP contribution in [-0.4, -0.2) is 49.5 Å². The maximum absolute atomic E-state index is 12.2. The summed E-state index contributed by atoms with van der Waals surface area (Å²) in [6.07, 6.45) is 1.90. The first-order valence-electron chi connectivity index (χ1n) is 8.31. The monoisotopic (exact) mass is 378 g/mol.